The summed E-state index contributed by atoms with van der Waals surface area (Å²) in [5, 5.41) is 1.02. The van der Waals surface area contributed by atoms with Crippen LogP contribution in [0.15, 0.2) is 41.2 Å². The monoisotopic (exact) mass is 382 g/mol. The van der Waals surface area contributed by atoms with Gasteiger partial charge in [0.05, 0.1) is 20.3 Å². The zero-order valence-corrected chi connectivity index (χ0v) is 14.3. The third-order valence-corrected chi connectivity index (χ3v) is 5.93. The Morgan fingerprint density at radius 3 is 2.72 bits per heavy atom. The molecule has 0 aliphatic rings. The Labute approximate surface area is 146 Å². The molecule has 0 N–H and O–H groups in total. The summed E-state index contributed by atoms with van der Waals surface area (Å²) >= 11 is 2.41. The van der Waals surface area contributed by atoms with E-state index in [-0.39, 0.29) is 11.3 Å². The summed E-state index contributed by atoms with van der Waals surface area (Å²) in [4.78, 5) is 16.9. The molecule has 0 radical (unpaired) electrons. The lowest BCUT2D eigenvalue weighted by atomic mass is 10.2. The number of hydrogen-bond donors (Lipinski definition) is 0. The lowest BCUT2D eigenvalue weighted by Crippen LogP contribution is -2.16. The number of rotatable bonds is 2. The Hall–Kier alpha value is -2.39. The standard InChI is InChI=1S/C16H9F3N2O2S2/c1-8-3-2-4-10-13(8)25-21(14(10)22)15-20-11-6-5-9(7-12(11)24-15)23-16(17,18)19/h2-7H,1H3. The fourth-order valence-corrected chi connectivity index (χ4v) is 4.56. The Kier molecular flexibility index (Phi) is 3.58. The number of aryl methyl sites for hydroxylation is 1. The number of hydrogen-bond acceptors (Lipinski definition) is 5. The van der Waals surface area contributed by atoms with Crippen molar-refractivity contribution in [1.82, 2.24) is 8.94 Å². The van der Waals surface area contributed by atoms with Crippen LogP contribution in [0.4, 0.5) is 13.2 Å². The molecule has 0 bridgehead atoms. The van der Waals surface area contributed by atoms with Crippen LogP contribution in [0.1, 0.15) is 5.56 Å². The van der Waals surface area contributed by atoms with Crippen molar-refractivity contribution in [3.63, 3.8) is 0 Å². The van der Waals surface area contributed by atoms with Gasteiger partial charge in [0.25, 0.3) is 5.56 Å². The fraction of sp³-hybridized carbons (Fsp3) is 0.125. The van der Waals surface area contributed by atoms with Crippen molar-refractivity contribution in [1.29, 1.82) is 0 Å². The molecule has 128 valence electrons. The molecule has 2 aromatic carbocycles. The number of ether oxygens (including phenoxy) is 1. The summed E-state index contributed by atoms with van der Waals surface area (Å²) < 4.78 is 43.8. The van der Waals surface area contributed by atoms with Gasteiger partial charge in [-0.15, -0.1) is 13.2 Å². The number of fused-ring (bicyclic) bond motifs is 2. The summed E-state index contributed by atoms with van der Waals surface area (Å²) in [7, 11) is 0. The van der Waals surface area contributed by atoms with Gasteiger partial charge in [0.15, 0.2) is 0 Å². The van der Waals surface area contributed by atoms with Gasteiger partial charge in [-0.3, -0.25) is 4.79 Å². The molecule has 0 saturated carbocycles. The third kappa shape index (κ3) is 2.89. The molecule has 2 heterocycles. The van der Waals surface area contributed by atoms with Crippen molar-refractivity contribution >= 4 is 43.2 Å². The largest absolute Gasteiger partial charge is 0.573 e. The summed E-state index contributed by atoms with van der Waals surface area (Å²) in [5.41, 5.74) is 1.31. The van der Waals surface area contributed by atoms with Crippen LogP contribution in [0.3, 0.4) is 0 Å². The zero-order valence-electron chi connectivity index (χ0n) is 12.6. The summed E-state index contributed by atoms with van der Waals surface area (Å²) in [6.07, 6.45) is -4.75. The fourth-order valence-electron chi connectivity index (χ4n) is 2.49. The molecule has 4 nitrogen and oxygen atoms in total. The molecule has 0 amide bonds. The third-order valence-electron chi connectivity index (χ3n) is 3.57. The first-order valence-corrected chi connectivity index (χ1v) is 8.69. The van der Waals surface area contributed by atoms with E-state index in [1.54, 1.807) is 6.07 Å². The normalized spacial score (nSPS) is 12.2. The lowest BCUT2D eigenvalue weighted by Gasteiger charge is -2.07. The quantitative estimate of drug-likeness (QED) is 0.497. The van der Waals surface area contributed by atoms with Crippen molar-refractivity contribution in [3.05, 3.63) is 52.3 Å². The molecule has 4 aromatic rings. The van der Waals surface area contributed by atoms with E-state index in [1.807, 2.05) is 19.1 Å². The van der Waals surface area contributed by atoms with Gasteiger partial charge in [0, 0.05) is 6.07 Å². The number of thiazole rings is 1. The second-order valence-corrected chi connectivity index (χ2v) is 7.28. The molecule has 0 aliphatic heterocycles. The summed E-state index contributed by atoms with van der Waals surface area (Å²) in [5.74, 6) is -0.310. The zero-order chi connectivity index (χ0) is 17.8. The van der Waals surface area contributed by atoms with Gasteiger partial charge in [-0.05, 0) is 42.2 Å². The molecule has 4 rings (SSSR count). The molecule has 0 unspecified atom stereocenters. The molecule has 2 aromatic heterocycles. The molecule has 0 saturated heterocycles. The highest BCUT2D eigenvalue weighted by Crippen LogP contribution is 2.32. The Bertz CT molecular complexity index is 1160. The van der Waals surface area contributed by atoms with Crippen molar-refractivity contribution in [3.8, 4) is 10.9 Å². The Balaban J connectivity index is 1.84. The smallest absolute Gasteiger partial charge is 0.406 e. The van der Waals surface area contributed by atoms with Gasteiger partial charge in [-0.25, -0.2) is 8.94 Å². The van der Waals surface area contributed by atoms with Crippen LogP contribution in [0.2, 0.25) is 0 Å². The summed E-state index contributed by atoms with van der Waals surface area (Å²) in [6, 6.07) is 9.40. The molecule has 0 aliphatic carbocycles. The van der Waals surface area contributed by atoms with E-state index >= 15 is 0 Å². The van der Waals surface area contributed by atoms with Crippen LogP contribution in [-0.4, -0.2) is 15.3 Å². The van der Waals surface area contributed by atoms with E-state index in [0.29, 0.717) is 20.7 Å². The van der Waals surface area contributed by atoms with Crippen LogP contribution < -0.4 is 10.3 Å². The van der Waals surface area contributed by atoms with Gasteiger partial charge >= 0.3 is 6.36 Å². The van der Waals surface area contributed by atoms with E-state index in [1.165, 1.54) is 33.7 Å². The van der Waals surface area contributed by atoms with E-state index < -0.39 is 6.36 Å². The molecular formula is C16H9F3N2O2S2. The van der Waals surface area contributed by atoms with Crippen LogP contribution in [-0.2, 0) is 0 Å². The second kappa shape index (κ2) is 5.57. The highest BCUT2D eigenvalue weighted by Gasteiger charge is 2.31. The first-order chi connectivity index (χ1) is 11.8. The Morgan fingerprint density at radius 1 is 1.20 bits per heavy atom. The lowest BCUT2D eigenvalue weighted by molar-refractivity contribution is -0.274. The maximum atomic E-state index is 12.6. The predicted molar refractivity (Wildman–Crippen MR) is 92.0 cm³/mol. The number of aromatic nitrogens is 2. The molecule has 0 fully saturated rings. The molecule has 0 spiro atoms. The van der Waals surface area contributed by atoms with E-state index in [0.717, 1.165) is 21.6 Å². The first-order valence-electron chi connectivity index (χ1n) is 7.10. The van der Waals surface area contributed by atoms with Crippen molar-refractivity contribution in [2.24, 2.45) is 0 Å². The minimum Gasteiger partial charge on any atom is -0.406 e. The topological polar surface area (TPSA) is 44.1 Å². The molecule has 0 atom stereocenters. The molecule has 9 heteroatoms. The molecule has 25 heavy (non-hydrogen) atoms. The van der Waals surface area contributed by atoms with Crippen molar-refractivity contribution in [2.45, 2.75) is 13.3 Å². The minimum atomic E-state index is -4.75. The average Bonchev–Trinajstić information content (AvgIpc) is 3.08. The van der Waals surface area contributed by atoms with Crippen molar-refractivity contribution in [2.75, 3.05) is 0 Å². The predicted octanol–water partition coefficient (Wildman–Crippen LogP) is 4.87. The maximum absolute atomic E-state index is 12.6. The number of alkyl halides is 3. The van der Waals surface area contributed by atoms with Crippen LogP contribution in [0, 0.1) is 6.92 Å². The minimum absolute atomic E-state index is 0.186. The number of halogens is 3. The number of nitrogens with zero attached hydrogens (tertiary/aromatic N) is 2. The number of benzene rings is 2. The van der Waals surface area contributed by atoms with Gasteiger partial charge in [0.1, 0.15) is 5.75 Å². The summed E-state index contributed by atoms with van der Waals surface area (Å²) in [6.45, 7) is 1.92. The second-order valence-electron chi connectivity index (χ2n) is 5.32. The van der Waals surface area contributed by atoms with E-state index in [9.17, 15) is 18.0 Å². The van der Waals surface area contributed by atoms with Crippen LogP contribution in [0.5, 0.6) is 5.75 Å². The SMILES string of the molecule is Cc1cccc2c(=O)n(-c3nc4ccc(OC(F)(F)F)cc4s3)sc12. The maximum Gasteiger partial charge on any atom is 0.573 e. The van der Waals surface area contributed by atoms with E-state index in [2.05, 4.69) is 9.72 Å². The van der Waals surface area contributed by atoms with Gasteiger partial charge in [-0.2, -0.15) is 0 Å². The first kappa shape index (κ1) is 16.1. The van der Waals surface area contributed by atoms with Gasteiger partial charge < -0.3 is 4.74 Å². The van der Waals surface area contributed by atoms with Crippen molar-refractivity contribution < 1.29 is 17.9 Å². The van der Waals surface area contributed by atoms with Crippen LogP contribution >= 0.6 is 22.9 Å². The molecular weight excluding hydrogens is 373 g/mol. The average molecular weight is 382 g/mol. The Morgan fingerprint density at radius 2 is 2.00 bits per heavy atom. The van der Waals surface area contributed by atoms with Gasteiger partial charge in [-0.1, -0.05) is 23.5 Å². The highest BCUT2D eigenvalue weighted by molar-refractivity contribution is 7.22. The van der Waals surface area contributed by atoms with E-state index in [4.69, 9.17) is 0 Å². The highest BCUT2D eigenvalue weighted by atomic mass is 32.1. The van der Waals surface area contributed by atoms with Gasteiger partial charge in [0.2, 0.25) is 5.13 Å². The van der Waals surface area contributed by atoms with Crippen LogP contribution in [0.25, 0.3) is 25.4 Å².